The van der Waals surface area contributed by atoms with Crippen molar-refractivity contribution < 1.29 is 9.64 Å². The Kier molecular flexibility index (Phi) is 4.85. The molecule has 3 rings (SSSR count). The molecule has 2 aromatic heterocycles. The molecule has 0 saturated heterocycles. The van der Waals surface area contributed by atoms with Crippen LogP contribution in [0.25, 0.3) is 5.69 Å². The molecule has 0 bridgehead atoms. The highest BCUT2D eigenvalue weighted by atomic mass is 32.1. The van der Waals surface area contributed by atoms with Crippen LogP contribution >= 0.6 is 23.6 Å². The zero-order chi connectivity index (χ0) is 16.2. The maximum absolute atomic E-state index is 5.49. The maximum atomic E-state index is 5.49. The fraction of sp³-hybridized carbons (Fsp3) is 0.267. The van der Waals surface area contributed by atoms with Crippen molar-refractivity contribution in [1.82, 2.24) is 19.8 Å². The van der Waals surface area contributed by atoms with Gasteiger partial charge in [-0.1, -0.05) is 0 Å². The van der Waals surface area contributed by atoms with Gasteiger partial charge in [-0.05, 0) is 63.7 Å². The molecule has 1 atom stereocenters. The van der Waals surface area contributed by atoms with E-state index in [4.69, 9.17) is 17.0 Å². The summed E-state index contributed by atoms with van der Waals surface area (Å²) in [5.74, 6) is 0.799. The Morgan fingerprint density at radius 2 is 2.00 bits per heavy atom. The number of hydrogen-bond donors (Lipinski definition) is 1. The van der Waals surface area contributed by atoms with E-state index >= 15 is 0 Å². The highest BCUT2D eigenvalue weighted by Gasteiger charge is 2.11. The lowest BCUT2D eigenvalue weighted by molar-refractivity contribution is -0.917. The zero-order valence-electron chi connectivity index (χ0n) is 13.0. The molecule has 120 valence electrons. The quantitative estimate of drug-likeness (QED) is 0.687. The van der Waals surface area contributed by atoms with Crippen LogP contribution in [0.3, 0.4) is 0 Å². The largest absolute Gasteiger partial charge is 0.497 e. The van der Waals surface area contributed by atoms with Crippen LogP contribution in [0, 0.1) is 4.77 Å². The van der Waals surface area contributed by atoms with Crippen LogP contribution < -0.4 is 9.64 Å². The monoisotopic (exact) mass is 348 g/mol. The Morgan fingerprint density at radius 3 is 2.65 bits per heavy atom. The van der Waals surface area contributed by atoms with Gasteiger partial charge in [-0.2, -0.15) is 20.7 Å². The summed E-state index contributed by atoms with van der Waals surface area (Å²) < 4.78 is 9.16. The van der Waals surface area contributed by atoms with E-state index in [1.165, 1.54) is 10.5 Å². The molecule has 6 nitrogen and oxygen atoms in total. The first-order valence-corrected chi connectivity index (χ1v) is 8.52. The molecule has 1 aromatic carbocycles. The van der Waals surface area contributed by atoms with Crippen molar-refractivity contribution in [2.75, 3.05) is 14.2 Å². The summed E-state index contributed by atoms with van der Waals surface area (Å²) in [6, 6.07) is 9.72. The lowest BCUT2D eigenvalue weighted by Crippen LogP contribution is -3.06. The minimum absolute atomic E-state index is 0.583. The Bertz CT molecular complexity index is 807. The first-order valence-electron chi connectivity index (χ1n) is 7.17. The summed E-state index contributed by atoms with van der Waals surface area (Å²) in [4.78, 5) is 1.29. The molecular formula is C15H18N5OS2+. The first kappa shape index (κ1) is 15.9. The van der Waals surface area contributed by atoms with Gasteiger partial charge >= 0.3 is 0 Å². The van der Waals surface area contributed by atoms with Gasteiger partial charge in [0.15, 0.2) is 6.67 Å². The number of quaternary nitrogens is 1. The van der Waals surface area contributed by atoms with E-state index in [9.17, 15) is 0 Å². The second-order valence-corrected chi connectivity index (χ2v) is 6.44. The normalized spacial score (nSPS) is 12.3. The third-order valence-corrected chi connectivity index (χ3v) is 4.58. The van der Waals surface area contributed by atoms with Crippen molar-refractivity contribution in [3.05, 3.63) is 51.4 Å². The number of nitrogens with zero attached hydrogens (tertiary/aromatic N) is 4. The van der Waals surface area contributed by atoms with E-state index in [0.717, 1.165) is 18.0 Å². The molecule has 23 heavy (non-hydrogen) atoms. The number of rotatable bonds is 6. The summed E-state index contributed by atoms with van der Waals surface area (Å²) in [6.45, 7) is 1.60. The molecule has 0 amide bonds. The topological polar surface area (TPSA) is 49.3 Å². The highest BCUT2D eigenvalue weighted by molar-refractivity contribution is 7.71. The van der Waals surface area contributed by atoms with Crippen molar-refractivity contribution in [2.45, 2.75) is 13.2 Å². The van der Waals surface area contributed by atoms with Gasteiger partial charge in [0.2, 0.25) is 4.77 Å². The summed E-state index contributed by atoms with van der Waals surface area (Å²) in [6.07, 6.45) is 0. The fourth-order valence-corrected chi connectivity index (χ4v) is 3.22. The van der Waals surface area contributed by atoms with Gasteiger partial charge in [0.05, 0.1) is 19.8 Å². The van der Waals surface area contributed by atoms with Crippen LogP contribution in [0.2, 0.25) is 0 Å². The Hall–Kier alpha value is -2.03. The number of hydrogen-bond acceptors (Lipinski definition) is 5. The molecule has 0 aliphatic rings. The summed E-state index contributed by atoms with van der Waals surface area (Å²) in [5, 5.41) is 12.6. The second kappa shape index (κ2) is 7.03. The molecule has 0 radical (unpaired) electrons. The predicted molar refractivity (Wildman–Crippen MR) is 91.6 cm³/mol. The SMILES string of the molecule is COc1ccc(-n2nnn(C[NH+](C)Cc3ccsc3)c2=S)cc1. The van der Waals surface area contributed by atoms with Gasteiger partial charge in [0.1, 0.15) is 12.3 Å². The maximum Gasteiger partial charge on any atom is 0.225 e. The molecule has 8 heteroatoms. The fourth-order valence-electron chi connectivity index (χ4n) is 2.31. The number of benzene rings is 1. The van der Waals surface area contributed by atoms with Crippen molar-refractivity contribution in [1.29, 1.82) is 0 Å². The summed E-state index contributed by atoms with van der Waals surface area (Å²) >= 11 is 7.21. The molecule has 0 spiro atoms. The average Bonchev–Trinajstić information content (AvgIpc) is 3.18. The van der Waals surface area contributed by atoms with Crippen LogP contribution in [-0.2, 0) is 13.2 Å². The number of nitrogens with one attached hydrogen (secondary N) is 1. The van der Waals surface area contributed by atoms with Crippen LogP contribution in [0.15, 0.2) is 41.1 Å². The Labute approximate surface area is 143 Å². The average molecular weight is 348 g/mol. The lowest BCUT2D eigenvalue weighted by Gasteiger charge is -2.12. The van der Waals surface area contributed by atoms with E-state index < -0.39 is 0 Å². The highest BCUT2D eigenvalue weighted by Crippen LogP contribution is 2.14. The van der Waals surface area contributed by atoms with Crippen LogP contribution in [0.5, 0.6) is 5.75 Å². The molecule has 0 aliphatic heterocycles. The van der Waals surface area contributed by atoms with Crippen molar-refractivity contribution in [2.24, 2.45) is 0 Å². The van der Waals surface area contributed by atoms with Gasteiger partial charge in [0, 0.05) is 5.56 Å². The molecule has 1 unspecified atom stereocenters. The van der Waals surface area contributed by atoms with Gasteiger partial charge in [-0.25, -0.2) is 0 Å². The van der Waals surface area contributed by atoms with Crippen LogP contribution in [0.4, 0.5) is 0 Å². The molecule has 3 aromatic rings. The van der Waals surface area contributed by atoms with E-state index in [-0.39, 0.29) is 0 Å². The van der Waals surface area contributed by atoms with E-state index in [1.54, 1.807) is 27.8 Å². The number of thiophene rings is 1. The van der Waals surface area contributed by atoms with Gasteiger partial charge in [-0.15, -0.1) is 0 Å². The smallest absolute Gasteiger partial charge is 0.225 e. The van der Waals surface area contributed by atoms with Gasteiger partial charge in [0.25, 0.3) is 0 Å². The van der Waals surface area contributed by atoms with Crippen molar-refractivity contribution in [3.8, 4) is 11.4 Å². The lowest BCUT2D eigenvalue weighted by atomic mass is 10.3. The van der Waals surface area contributed by atoms with Gasteiger partial charge in [-0.3, -0.25) is 0 Å². The van der Waals surface area contributed by atoms with Crippen molar-refractivity contribution >= 4 is 23.6 Å². The van der Waals surface area contributed by atoms with E-state index in [1.807, 2.05) is 24.3 Å². The van der Waals surface area contributed by atoms with Crippen molar-refractivity contribution in [3.63, 3.8) is 0 Å². The predicted octanol–water partition coefficient (Wildman–Crippen LogP) is 1.54. The minimum Gasteiger partial charge on any atom is -0.497 e. The molecule has 0 saturated carbocycles. The third-order valence-electron chi connectivity index (χ3n) is 3.46. The number of methoxy groups -OCH3 is 1. The second-order valence-electron chi connectivity index (χ2n) is 5.29. The van der Waals surface area contributed by atoms with Crippen LogP contribution in [0.1, 0.15) is 5.56 Å². The molecular weight excluding hydrogens is 330 g/mol. The third kappa shape index (κ3) is 3.66. The first-order chi connectivity index (χ1) is 11.2. The molecule has 1 N–H and O–H groups in total. The Balaban J connectivity index is 1.74. The Morgan fingerprint density at radius 1 is 1.22 bits per heavy atom. The standard InChI is InChI=1S/C15H17N5OS2/c1-18(9-12-7-8-23-10-12)11-19-15(22)20(17-16-19)13-3-5-14(21-2)6-4-13/h3-8,10H,9,11H2,1-2H3/p+1. The number of tetrazole rings is 1. The van der Waals surface area contributed by atoms with Crippen LogP contribution in [-0.4, -0.2) is 33.9 Å². The number of aromatic nitrogens is 4. The molecule has 0 fully saturated rings. The van der Waals surface area contributed by atoms with E-state index in [0.29, 0.717) is 11.4 Å². The summed E-state index contributed by atoms with van der Waals surface area (Å²) in [7, 11) is 3.76. The zero-order valence-corrected chi connectivity index (χ0v) is 14.6. The number of ether oxygens (including phenoxy) is 1. The summed E-state index contributed by atoms with van der Waals surface area (Å²) in [5.41, 5.74) is 2.19. The molecule has 2 heterocycles. The van der Waals surface area contributed by atoms with E-state index in [2.05, 4.69) is 34.3 Å². The van der Waals surface area contributed by atoms with Gasteiger partial charge < -0.3 is 9.64 Å². The minimum atomic E-state index is 0.583. The molecule has 0 aliphatic carbocycles.